The number of amides is 4. The number of aliphatic imine (C=N–C) groups is 1. The molecule has 0 aromatic heterocycles. The lowest BCUT2D eigenvalue weighted by Gasteiger charge is -2.32. The summed E-state index contributed by atoms with van der Waals surface area (Å²) in [4.78, 5) is 68.6. The number of alkyl carbamates (subject to hydrolysis) is 1. The van der Waals surface area contributed by atoms with Crippen LogP contribution in [0.25, 0.3) is 0 Å². The third kappa shape index (κ3) is 17.7. The Labute approximate surface area is 242 Å². The number of aliphatic carboxylic acids is 1. The fraction of sp³-hybridized carbons (Fsp3) is 0.778. The lowest BCUT2D eigenvalue weighted by Crippen LogP contribution is -2.53. The second-order valence-electron chi connectivity index (χ2n) is 13.3. The maximum absolute atomic E-state index is 13.3. The van der Waals surface area contributed by atoms with Gasteiger partial charge in [0.25, 0.3) is 0 Å². The van der Waals surface area contributed by atoms with Crippen LogP contribution in [0.2, 0.25) is 0 Å². The Balaban J connectivity index is 6.50. The SMILES string of the molecule is CN(CC[C@@H](CC(=O)O)NC(=O)OC(C)(C)C)/C(=N\C(=O)OC(C)(C)C)N(C(=O)OC(C)(C)C)C(=O)OC(C)(C)C. The van der Waals surface area contributed by atoms with Crippen molar-refractivity contribution in [3.63, 3.8) is 0 Å². The van der Waals surface area contributed by atoms with Crippen molar-refractivity contribution in [2.24, 2.45) is 4.99 Å². The molecule has 0 heterocycles. The van der Waals surface area contributed by atoms with Gasteiger partial charge in [0.1, 0.15) is 22.4 Å². The molecule has 236 valence electrons. The van der Waals surface area contributed by atoms with Crippen LogP contribution in [0.4, 0.5) is 19.2 Å². The first-order chi connectivity index (χ1) is 18.2. The van der Waals surface area contributed by atoms with Crippen LogP contribution in [-0.4, -0.2) is 93.2 Å². The summed E-state index contributed by atoms with van der Waals surface area (Å²) < 4.78 is 21.3. The maximum atomic E-state index is 13.3. The molecule has 0 spiro atoms. The number of nitrogens with zero attached hydrogens (tertiary/aromatic N) is 3. The second-order valence-corrected chi connectivity index (χ2v) is 13.3. The van der Waals surface area contributed by atoms with Gasteiger partial charge in [0, 0.05) is 19.6 Å². The van der Waals surface area contributed by atoms with Gasteiger partial charge in [0.15, 0.2) is 0 Å². The molecule has 0 aliphatic heterocycles. The highest BCUT2D eigenvalue weighted by atomic mass is 16.6. The molecule has 14 nitrogen and oxygen atoms in total. The second kappa shape index (κ2) is 14.4. The van der Waals surface area contributed by atoms with Gasteiger partial charge in [-0.05, 0) is 89.5 Å². The molecule has 0 saturated heterocycles. The number of guanidine groups is 1. The smallest absolute Gasteiger partial charge is 0.437 e. The number of carbonyl (C=O) groups is 5. The molecule has 2 N–H and O–H groups in total. The molecule has 0 bridgehead atoms. The number of imide groups is 1. The normalized spacial score (nSPS) is 13.4. The fourth-order valence-corrected chi connectivity index (χ4v) is 2.89. The Morgan fingerprint density at radius 2 is 1.15 bits per heavy atom. The van der Waals surface area contributed by atoms with Gasteiger partial charge in [0.05, 0.1) is 6.42 Å². The summed E-state index contributed by atoms with van der Waals surface area (Å²) >= 11 is 0. The lowest BCUT2D eigenvalue weighted by molar-refractivity contribution is -0.137. The van der Waals surface area contributed by atoms with Gasteiger partial charge in [-0.3, -0.25) is 4.79 Å². The predicted octanol–water partition coefficient (Wildman–Crippen LogP) is 5.14. The average Bonchev–Trinajstić information content (AvgIpc) is 2.65. The van der Waals surface area contributed by atoms with E-state index in [4.69, 9.17) is 18.9 Å². The van der Waals surface area contributed by atoms with Crippen molar-refractivity contribution < 1.29 is 48.0 Å². The molecule has 0 saturated carbocycles. The molecule has 41 heavy (non-hydrogen) atoms. The molecule has 14 heteroatoms. The van der Waals surface area contributed by atoms with E-state index < -0.39 is 71.2 Å². The van der Waals surface area contributed by atoms with Crippen molar-refractivity contribution >= 4 is 36.3 Å². The van der Waals surface area contributed by atoms with Crippen LogP contribution in [-0.2, 0) is 23.7 Å². The number of ether oxygens (including phenoxy) is 4. The first-order valence-corrected chi connectivity index (χ1v) is 13.2. The highest BCUT2D eigenvalue weighted by Crippen LogP contribution is 2.18. The van der Waals surface area contributed by atoms with Crippen molar-refractivity contribution in [1.82, 2.24) is 15.1 Å². The minimum absolute atomic E-state index is 0.00808. The molecular formula is C27H48N4O10. The zero-order chi connectivity index (χ0) is 32.6. The van der Waals surface area contributed by atoms with Crippen molar-refractivity contribution in [3.05, 3.63) is 0 Å². The summed E-state index contributed by atoms with van der Waals surface area (Å²) in [7, 11) is 1.41. The van der Waals surface area contributed by atoms with Gasteiger partial charge in [0.2, 0.25) is 5.96 Å². The van der Waals surface area contributed by atoms with E-state index in [1.807, 2.05) is 0 Å². The number of rotatable bonds is 6. The van der Waals surface area contributed by atoms with Crippen molar-refractivity contribution in [2.45, 2.75) is 124 Å². The summed E-state index contributed by atoms with van der Waals surface area (Å²) in [6, 6.07) is -0.913. The standard InChI is InChI=1S/C27H48N4O10/c1-24(2,3)38-20(34)28-17(16-18(32)33)14-15-30(13)19(29-21(35)39-25(4,5)6)31(22(36)40-26(7,8)9)23(37)41-27(10,11)12/h17H,14-16H2,1-13H3,(H,28,34)(H,32,33)/b29-19+/t17-/m0/s1. The lowest BCUT2D eigenvalue weighted by atomic mass is 10.1. The highest BCUT2D eigenvalue weighted by molar-refractivity contribution is 6.10. The fourth-order valence-electron chi connectivity index (χ4n) is 2.89. The van der Waals surface area contributed by atoms with Gasteiger partial charge < -0.3 is 34.3 Å². The number of carbonyl (C=O) groups excluding carboxylic acids is 4. The third-order valence-electron chi connectivity index (χ3n) is 4.23. The molecule has 0 rings (SSSR count). The molecule has 1 atom stereocenters. The maximum Gasteiger partial charge on any atom is 0.437 e. The zero-order valence-electron chi connectivity index (χ0n) is 26.7. The predicted molar refractivity (Wildman–Crippen MR) is 151 cm³/mol. The molecular weight excluding hydrogens is 540 g/mol. The molecule has 0 aromatic carbocycles. The van der Waals surface area contributed by atoms with Gasteiger partial charge in [-0.15, -0.1) is 9.89 Å². The van der Waals surface area contributed by atoms with E-state index >= 15 is 0 Å². The Morgan fingerprint density at radius 3 is 1.51 bits per heavy atom. The van der Waals surface area contributed by atoms with E-state index in [9.17, 15) is 29.1 Å². The quantitative estimate of drug-likeness (QED) is 0.239. The van der Waals surface area contributed by atoms with E-state index in [0.717, 1.165) is 0 Å². The Bertz CT molecular complexity index is 954. The average molecular weight is 589 g/mol. The Kier molecular flexibility index (Phi) is 13.1. The van der Waals surface area contributed by atoms with E-state index in [-0.39, 0.29) is 13.0 Å². The number of hydrogen-bond acceptors (Lipinski definition) is 9. The molecule has 0 aromatic rings. The molecule has 0 aliphatic carbocycles. The summed E-state index contributed by atoms with van der Waals surface area (Å²) in [6.07, 6.45) is -4.73. The molecule has 0 aliphatic rings. The largest absolute Gasteiger partial charge is 0.481 e. The van der Waals surface area contributed by atoms with Crippen LogP contribution >= 0.6 is 0 Å². The van der Waals surface area contributed by atoms with Gasteiger partial charge >= 0.3 is 30.3 Å². The van der Waals surface area contributed by atoms with Crippen LogP contribution in [0.3, 0.4) is 0 Å². The van der Waals surface area contributed by atoms with Gasteiger partial charge in [-0.25, -0.2) is 19.2 Å². The number of carboxylic acid groups (broad SMARTS) is 1. The first-order valence-electron chi connectivity index (χ1n) is 13.2. The summed E-state index contributed by atoms with van der Waals surface area (Å²) in [5.74, 6) is -1.67. The van der Waals surface area contributed by atoms with E-state index in [0.29, 0.717) is 4.90 Å². The number of hydrogen-bond donors (Lipinski definition) is 2. The zero-order valence-corrected chi connectivity index (χ0v) is 26.7. The van der Waals surface area contributed by atoms with Crippen LogP contribution in [0.15, 0.2) is 4.99 Å². The van der Waals surface area contributed by atoms with Crippen LogP contribution < -0.4 is 5.32 Å². The minimum Gasteiger partial charge on any atom is -0.481 e. The Morgan fingerprint density at radius 1 is 0.732 bits per heavy atom. The molecule has 4 amide bonds. The van der Waals surface area contributed by atoms with Crippen LogP contribution in [0, 0.1) is 0 Å². The summed E-state index contributed by atoms with van der Waals surface area (Å²) in [6.45, 7) is 19.3. The summed E-state index contributed by atoms with van der Waals surface area (Å²) in [5.41, 5.74) is -3.83. The van der Waals surface area contributed by atoms with E-state index in [1.54, 1.807) is 83.1 Å². The topological polar surface area (TPSA) is 173 Å². The third-order valence-corrected chi connectivity index (χ3v) is 4.23. The van der Waals surface area contributed by atoms with Crippen LogP contribution in [0.1, 0.15) is 95.9 Å². The van der Waals surface area contributed by atoms with Crippen molar-refractivity contribution in [2.75, 3.05) is 13.6 Å². The Hall–Kier alpha value is -3.58. The van der Waals surface area contributed by atoms with Crippen LogP contribution in [0.5, 0.6) is 0 Å². The molecule has 0 radical (unpaired) electrons. The monoisotopic (exact) mass is 588 g/mol. The van der Waals surface area contributed by atoms with Crippen molar-refractivity contribution in [3.8, 4) is 0 Å². The van der Waals surface area contributed by atoms with E-state index in [1.165, 1.54) is 11.9 Å². The minimum atomic E-state index is -1.18. The van der Waals surface area contributed by atoms with E-state index in [2.05, 4.69) is 10.3 Å². The molecule has 0 unspecified atom stereocenters. The number of nitrogens with one attached hydrogen (secondary N) is 1. The first kappa shape index (κ1) is 37.4. The number of carboxylic acids is 1. The van der Waals surface area contributed by atoms with Gasteiger partial charge in [-0.2, -0.15) is 0 Å². The molecule has 0 fully saturated rings. The van der Waals surface area contributed by atoms with Gasteiger partial charge in [-0.1, -0.05) is 0 Å². The summed E-state index contributed by atoms with van der Waals surface area (Å²) in [5, 5.41) is 11.9. The highest BCUT2D eigenvalue weighted by Gasteiger charge is 2.38. The van der Waals surface area contributed by atoms with Crippen molar-refractivity contribution in [1.29, 1.82) is 0 Å².